The number of anilines is 4. The van der Waals surface area contributed by atoms with E-state index in [0.29, 0.717) is 11.6 Å². The molecule has 10 heteroatoms. The molecule has 0 fully saturated rings. The zero-order valence-corrected chi connectivity index (χ0v) is 18.7. The highest BCUT2D eigenvalue weighted by molar-refractivity contribution is 7.80. The quantitative estimate of drug-likeness (QED) is 0.285. The van der Waals surface area contributed by atoms with Crippen molar-refractivity contribution in [2.75, 3.05) is 16.0 Å². The monoisotopic (exact) mass is 480 g/mol. The van der Waals surface area contributed by atoms with Gasteiger partial charge in [0.25, 0.3) is 0 Å². The summed E-state index contributed by atoms with van der Waals surface area (Å²) in [4.78, 5) is 12.9. The molecule has 4 aromatic rings. The second kappa shape index (κ2) is 9.84. The highest BCUT2D eigenvalue weighted by atomic mass is 32.1. The van der Waals surface area contributed by atoms with Crippen molar-refractivity contribution in [3.05, 3.63) is 90.4 Å². The third-order valence-corrected chi connectivity index (χ3v) is 5.01. The van der Waals surface area contributed by atoms with Gasteiger partial charge in [-0.1, -0.05) is 12.1 Å². The molecule has 3 N–H and O–H groups in total. The summed E-state index contributed by atoms with van der Waals surface area (Å²) in [5.41, 5.74) is 3.40. The van der Waals surface area contributed by atoms with E-state index in [1.54, 1.807) is 24.7 Å². The molecule has 0 aliphatic rings. The SMILES string of the molecule is Cc1ccc(NC(=S)Nc2cccc(C(F)(F)F)c2)cc1Nc1nccc(-c2cccnc2)n1. The molecular formula is C24H19F3N6S. The Bertz CT molecular complexity index is 1310. The Balaban J connectivity index is 1.47. The lowest BCUT2D eigenvalue weighted by molar-refractivity contribution is -0.137. The van der Waals surface area contributed by atoms with Gasteiger partial charge in [0, 0.05) is 41.2 Å². The summed E-state index contributed by atoms with van der Waals surface area (Å²) in [6.45, 7) is 1.93. The maximum Gasteiger partial charge on any atom is 0.416 e. The zero-order chi connectivity index (χ0) is 24.1. The van der Waals surface area contributed by atoms with Crippen molar-refractivity contribution < 1.29 is 13.2 Å². The second-order valence-corrected chi connectivity index (χ2v) is 7.73. The number of nitrogens with one attached hydrogen (secondary N) is 3. The number of aromatic nitrogens is 3. The van der Waals surface area contributed by atoms with Crippen LogP contribution in [0.2, 0.25) is 0 Å². The van der Waals surface area contributed by atoms with E-state index in [9.17, 15) is 13.2 Å². The van der Waals surface area contributed by atoms with Crippen molar-refractivity contribution >= 4 is 40.3 Å². The fourth-order valence-corrected chi connectivity index (χ4v) is 3.35. The van der Waals surface area contributed by atoms with Crippen LogP contribution in [0.15, 0.2) is 79.3 Å². The van der Waals surface area contributed by atoms with Crippen LogP contribution >= 0.6 is 12.2 Å². The van der Waals surface area contributed by atoms with E-state index in [1.165, 1.54) is 12.1 Å². The molecule has 4 rings (SSSR count). The smallest absolute Gasteiger partial charge is 0.332 e. The minimum absolute atomic E-state index is 0.156. The molecule has 0 radical (unpaired) electrons. The van der Waals surface area contributed by atoms with Crippen LogP contribution in [-0.2, 0) is 6.18 Å². The lowest BCUT2D eigenvalue weighted by Crippen LogP contribution is -2.19. The van der Waals surface area contributed by atoms with Gasteiger partial charge in [0.2, 0.25) is 5.95 Å². The van der Waals surface area contributed by atoms with Crippen molar-refractivity contribution in [1.29, 1.82) is 0 Å². The lowest BCUT2D eigenvalue weighted by Gasteiger charge is -2.15. The maximum absolute atomic E-state index is 12.9. The summed E-state index contributed by atoms with van der Waals surface area (Å²) in [5.74, 6) is 0.409. The van der Waals surface area contributed by atoms with Crippen LogP contribution in [0.3, 0.4) is 0 Å². The number of pyridine rings is 1. The highest BCUT2D eigenvalue weighted by Crippen LogP contribution is 2.31. The second-order valence-electron chi connectivity index (χ2n) is 7.32. The molecular weight excluding hydrogens is 461 g/mol. The van der Waals surface area contributed by atoms with E-state index < -0.39 is 11.7 Å². The van der Waals surface area contributed by atoms with E-state index in [1.807, 2.05) is 37.3 Å². The third-order valence-electron chi connectivity index (χ3n) is 4.80. The minimum atomic E-state index is -4.43. The van der Waals surface area contributed by atoms with Gasteiger partial charge in [0.15, 0.2) is 5.11 Å². The fourth-order valence-electron chi connectivity index (χ4n) is 3.12. The first-order chi connectivity index (χ1) is 16.3. The molecule has 0 amide bonds. The van der Waals surface area contributed by atoms with Crippen LogP contribution in [0.1, 0.15) is 11.1 Å². The Hall–Kier alpha value is -4.05. The summed E-state index contributed by atoms with van der Waals surface area (Å²) >= 11 is 5.28. The molecule has 172 valence electrons. The molecule has 0 atom stereocenters. The number of rotatable bonds is 5. The summed E-state index contributed by atoms with van der Waals surface area (Å²) < 4.78 is 38.8. The number of hydrogen-bond donors (Lipinski definition) is 3. The Kier molecular flexibility index (Phi) is 6.69. The Morgan fingerprint density at radius 2 is 1.71 bits per heavy atom. The van der Waals surface area contributed by atoms with Crippen molar-refractivity contribution in [3.63, 3.8) is 0 Å². The largest absolute Gasteiger partial charge is 0.416 e. The number of aryl methyl sites for hydroxylation is 1. The number of halogens is 3. The Morgan fingerprint density at radius 3 is 2.44 bits per heavy atom. The van der Waals surface area contributed by atoms with Crippen molar-refractivity contribution in [2.24, 2.45) is 0 Å². The normalized spacial score (nSPS) is 11.1. The van der Waals surface area contributed by atoms with Crippen LogP contribution in [0, 0.1) is 6.92 Å². The van der Waals surface area contributed by atoms with Crippen LogP contribution in [0.4, 0.5) is 36.2 Å². The first kappa shape index (κ1) is 23.1. The predicted molar refractivity (Wildman–Crippen MR) is 131 cm³/mol. The van der Waals surface area contributed by atoms with Crippen molar-refractivity contribution in [2.45, 2.75) is 13.1 Å². The van der Waals surface area contributed by atoms with Gasteiger partial charge in [-0.15, -0.1) is 0 Å². The predicted octanol–water partition coefficient (Wildman–Crippen LogP) is 6.42. The van der Waals surface area contributed by atoms with Gasteiger partial charge < -0.3 is 16.0 Å². The molecule has 2 heterocycles. The van der Waals surface area contributed by atoms with E-state index in [2.05, 4.69) is 30.9 Å². The number of alkyl halides is 3. The first-order valence-electron chi connectivity index (χ1n) is 10.1. The summed E-state index contributed by atoms with van der Waals surface area (Å²) in [6, 6.07) is 15.9. The average molecular weight is 481 g/mol. The van der Waals surface area contributed by atoms with Gasteiger partial charge in [-0.2, -0.15) is 13.2 Å². The summed E-state index contributed by atoms with van der Waals surface area (Å²) in [5, 5.41) is 9.13. The van der Waals surface area contributed by atoms with Gasteiger partial charge >= 0.3 is 6.18 Å². The van der Waals surface area contributed by atoms with Crippen LogP contribution < -0.4 is 16.0 Å². The van der Waals surface area contributed by atoms with Gasteiger partial charge in [-0.05, 0) is 73.2 Å². The van der Waals surface area contributed by atoms with Crippen molar-refractivity contribution in [3.8, 4) is 11.3 Å². The van der Waals surface area contributed by atoms with Crippen LogP contribution in [0.25, 0.3) is 11.3 Å². The highest BCUT2D eigenvalue weighted by Gasteiger charge is 2.30. The molecule has 0 spiro atoms. The van der Waals surface area contributed by atoms with Gasteiger partial charge in [-0.3, -0.25) is 4.98 Å². The average Bonchev–Trinajstić information content (AvgIpc) is 2.81. The van der Waals surface area contributed by atoms with E-state index in [4.69, 9.17) is 12.2 Å². The first-order valence-corrected chi connectivity index (χ1v) is 10.6. The van der Waals surface area contributed by atoms with Gasteiger partial charge in [0.1, 0.15) is 0 Å². The number of thiocarbonyl (C=S) groups is 1. The number of benzene rings is 2. The van der Waals surface area contributed by atoms with Crippen molar-refractivity contribution in [1.82, 2.24) is 15.0 Å². The number of hydrogen-bond acceptors (Lipinski definition) is 5. The molecule has 0 bridgehead atoms. The molecule has 2 aromatic carbocycles. The van der Waals surface area contributed by atoms with E-state index in [0.717, 1.165) is 34.6 Å². The molecule has 2 aromatic heterocycles. The van der Waals surface area contributed by atoms with Gasteiger partial charge in [0.05, 0.1) is 11.3 Å². The molecule has 0 saturated carbocycles. The third kappa shape index (κ3) is 5.84. The van der Waals surface area contributed by atoms with Gasteiger partial charge in [-0.25, -0.2) is 9.97 Å². The molecule has 0 unspecified atom stereocenters. The topological polar surface area (TPSA) is 74.8 Å². The molecule has 6 nitrogen and oxygen atoms in total. The Morgan fingerprint density at radius 1 is 0.912 bits per heavy atom. The van der Waals surface area contributed by atoms with Crippen LogP contribution in [-0.4, -0.2) is 20.1 Å². The fraction of sp³-hybridized carbons (Fsp3) is 0.0833. The number of nitrogens with zero attached hydrogens (tertiary/aromatic N) is 3. The van der Waals surface area contributed by atoms with Crippen LogP contribution in [0.5, 0.6) is 0 Å². The standard InChI is InChI=1S/C24H19F3N6S/c1-15-7-8-19(31-23(34)30-18-6-2-5-17(12-18)24(25,26)27)13-21(15)33-22-29-11-9-20(32-22)16-4-3-10-28-14-16/h2-14H,1H3,(H,29,32,33)(H2,30,31,34). The molecule has 0 aliphatic heterocycles. The van der Waals surface area contributed by atoms with E-state index in [-0.39, 0.29) is 10.8 Å². The lowest BCUT2D eigenvalue weighted by atomic mass is 10.2. The summed E-state index contributed by atoms with van der Waals surface area (Å²) in [7, 11) is 0. The zero-order valence-electron chi connectivity index (χ0n) is 17.9. The van der Waals surface area contributed by atoms with E-state index >= 15 is 0 Å². The minimum Gasteiger partial charge on any atom is -0.332 e. The maximum atomic E-state index is 12.9. The Labute approximate surface area is 199 Å². The molecule has 34 heavy (non-hydrogen) atoms. The molecule has 0 aliphatic carbocycles. The summed E-state index contributed by atoms with van der Waals surface area (Å²) in [6.07, 6.45) is 0.641. The molecule has 0 saturated heterocycles.